The number of hydrogen-bond acceptors (Lipinski definition) is 5. The summed E-state index contributed by atoms with van der Waals surface area (Å²) in [6.45, 7) is 6.36. The summed E-state index contributed by atoms with van der Waals surface area (Å²) in [6, 6.07) is -0.708. The van der Waals surface area contributed by atoms with Crippen molar-refractivity contribution in [3.8, 4) is 0 Å². The van der Waals surface area contributed by atoms with Crippen LogP contribution in [0.5, 0.6) is 0 Å². The Kier molecular flexibility index (Phi) is 42.2. The Morgan fingerprint density at radius 1 is 0.518 bits per heavy atom. The van der Waals surface area contributed by atoms with E-state index in [1.165, 1.54) is 83.5 Å². The van der Waals surface area contributed by atoms with Gasteiger partial charge in [0, 0.05) is 6.42 Å². The highest BCUT2D eigenvalue weighted by Crippen LogP contribution is 2.17. The van der Waals surface area contributed by atoms with Gasteiger partial charge in [-0.1, -0.05) is 185 Å². The highest BCUT2D eigenvalue weighted by molar-refractivity contribution is 5.77. The molecule has 0 saturated carbocycles. The Morgan fingerprint density at radius 3 is 1.52 bits per heavy atom. The third-order valence-electron chi connectivity index (χ3n) is 10.6. The van der Waals surface area contributed by atoms with Gasteiger partial charge < -0.3 is 20.3 Å². The number of nitrogens with one attached hydrogen (secondary N) is 1. The smallest absolute Gasteiger partial charge is 0.306 e. The first-order valence-corrected chi connectivity index (χ1v) is 23.9. The lowest BCUT2D eigenvalue weighted by molar-refractivity contribution is -0.151. The molecule has 0 heterocycles. The maximum Gasteiger partial charge on any atom is 0.306 e. The van der Waals surface area contributed by atoms with E-state index in [1.54, 1.807) is 0 Å². The van der Waals surface area contributed by atoms with Crippen molar-refractivity contribution in [1.82, 2.24) is 5.32 Å². The standard InChI is InChI=1S/C50H91NO5/c1-4-7-10-13-16-19-21-23-24-25-26-27-29-31-34-37-40-43-50(55)56-46(41-38-35-32-18-15-12-9-6-3)44-49(54)51-47(45-52)48(53)42-39-36-33-30-28-22-20-17-14-11-8-5-2/h12,15-16,19,23-24,26-27,46-48,52-53H,4-11,13-14,17-18,20-22,25,28-45H2,1-3H3,(H,51,54)/b15-12-,19-16-,24-23-,27-26-. The zero-order valence-corrected chi connectivity index (χ0v) is 37.0. The SMILES string of the molecule is CCC/C=C\CCCCCC(CC(=O)NC(CO)C(O)CCCCCCCCCCCCCC)OC(=O)CCCCCC/C=C\C/C=C\C/C=C\CCCCC. The Bertz CT molecular complexity index is 972. The lowest BCUT2D eigenvalue weighted by Crippen LogP contribution is -2.46. The third-order valence-corrected chi connectivity index (χ3v) is 10.6. The van der Waals surface area contributed by atoms with Crippen LogP contribution in [0.4, 0.5) is 0 Å². The summed E-state index contributed by atoms with van der Waals surface area (Å²) < 4.78 is 5.87. The number of rotatable bonds is 42. The van der Waals surface area contributed by atoms with Crippen molar-refractivity contribution >= 4 is 11.9 Å². The minimum Gasteiger partial charge on any atom is -0.462 e. The van der Waals surface area contributed by atoms with E-state index in [4.69, 9.17) is 4.74 Å². The van der Waals surface area contributed by atoms with Crippen molar-refractivity contribution in [3.63, 3.8) is 0 Å². The molecule has 0 radical (unpaired) electrons. The van der Waals surface area contributed by atoms with Crippen LogP contribution in [0.15, 0.2) is 48.6 Å². The lowest BCUT2D eigenvalue weighted by Gasteiger charge is -2.24. The molecule has 3 unspecified atom stereocenters. The number of aliphatic hydroxyl groups is 2. The van der Waals surface area contributed by atoms with E-state index in [0.717, 1.165) is 103 Å². The highest BCUT2D eigenvalue weighted by Gasteiger charge is 2.24. The van der Waals surface area contributed by atoms with Gasteiger partial charge in [-0.3, -0.25) is 9.59 Å². The Labute approximate surface area is 346 Å². The van der Waals surface area contributed by atoms with Gasteiger partial charge >= 0.3 is 5.97 Å². The van der Waals surface area contributed by atoms with E-state index in [1.807, 2.05) is 0 Å². The Balaban J connectivity index is 4.50. The maximum absolute atomic E-state index is 13.1. The molecule has 6 heteroatoms. The molecular weight excluding hydrogens is 695 g/mol. The largest absolute Gasteiger partial charge is 0.462 e. The monoisotopic (exact) mass is 786 g/mol. The van der Waals surface area contributed by atoms with Crippen LogP contribution in [-0.4, -0.2) is 46.9 Å². The summed E-state index contributed by atoms with van der Waals surface area (Å²) in [6.07, 6.45) is 51.8. The van der Waals surface area contributed by atoms with Crippen LogP contribution in [0.2, 0.25) is 0 Å². The number of hydrogen-bond donors (Lipinski definition) is 3. The third kappa shape index (κ3) is 38.7. The first-order chi connectivity index (χ1) is 27.5. The van der Waals surface area contributed by atoms with Crippen LogP contribution in [0, 0.1) is 0 Å². The van der Waals surface area contributed by atoms with Crippen LogP contribution < -0.4 is 5.32 Å². The number of ether oxygens (including phenoxy) is 1. The molecule has 0 saturated heterocycles. The molecule has 0 aromatic heterocycles. The molecule has 0 aliphatic heterocycles. The summed E-state index contributed by atoms with van der Waals surface area (Å²) in [7, 11) is 0. The normalized spacial score (nSPS) is 13.7. The molecule has 0 aliphatic rings. The van der Waals surface area contributed by atoms with Gasteiger partial charge in [0.15, 0.2) is 0 Å². The molecule has 3 atom stereocenters. The molecule has 0 rings (SSSR count). The average Bonchev–Trinajstić information content (AvgIpc) is 3.19. The molecule has 6 nitrogen and oxygen atoms in total. The van der Waals surface area contributed by atoms with Crippen molar-refractivity contribution in [2.75, 3.05) is 6.61 Å². The first kappa shape index (κ1) is 53.8. The fourth-order valence-electron chi connectivity index (χ4n) is 6.97. The van der Waals surface area contributed by atoms with Crippen molar-refractivity contribution in [1.29, 1.82) is 0 Å². The first-order valence-electron chi connectivity index (χ1n) is 23.9. The number of esters is 1. The molecule has 0 aromatic carbocycles. The average molecular weight is 786 g/mol. The second-order valence-corrected chi connectivity index (χ2v) is 16.2. The maximum atomic E-state index is 13.1. The molecule has 326 valence electrons. The van der Waals surface area contributed by atoms with Gasteiger partial charge in [0.05, 0.1) is 25.2 Å². The van der Waals surface area contributed by atoms with Gasteiger partial charge in [0.1, 0.15) is 6.10 Å². The second kappa shape index (κ2) is 43.9. The van der Waals surface area contributed by atoms with Crippen LogP contribution in [0.25, 0.3) is 0 Å². The van der Waals surface area contributed by atoms with Crippen LogP contribution >= 0.6 is 0 Å². The van der Waals surface area contributed by atoms with Crippen molar-refractivity contribution < 1.29 is 24.5 Å². The van der Waals surface area contributed by atoms with Crippen molar-refractivity contribution in [2.45, 2.75) is 251 Å². The van der Waals surface area contributed by atoms with E-state index in [9.17, 15) is 19.8 Å². The number of carbonyl (C=O) groups excluding carboxylic acids is 2. The molecule has 0 aliphatic carbocycles. The van der Waals surface area contributed by atoms with E-state index in [2.05, 4.69) is 74.7 Å². The molecule has 0 bridgehead atoms. The van der Waals surface area contributed by atoms with Gasteiger partial charge in [0.25, 0.3) is 0 Å². The van der Waals surface area contributed by atoms with Gasteiger partial charge in [-0.2, -0.15) is 0 Å². The number of unbranched alkanes of at least 4 members (excludes halogenated alkanes) is 22. The van der Waals surface area contributed by atoms with Crippen LogP contribution in [0.3, 0.4) is 0 Å². The topological polar surface area (TPSA) is 95.9 Å². The van der Waals surface area contributed by atoms with E-state index >= 15 is 0 Å². The van der Waals surface area contributed by atoms with Gasteiger partial charge in [0.2, 0.25) is 5.91 Å². The van der Waals surface area contributed by atoms with Crippen molar-refractivity contribution in [2.24, 2.45) is 0 Å². The summed E-state index contributed by atoms with van der Waals surface area (Å²) in [4.78, 5) is 25.9. The molecule has 0 fully saturated rings. The van der Waals surface area contributed by atoms with Gasteiger partial charge in [-0.25, -0.2) is 0 Å². The minimum atomic E-state index is -0.793. The van der Waals surface area contributed by atoms with E-state index in [0.29, 0.717) is 19.3 Å². The van der Waals surface area contributed by atoms with E-state index < -0.39 is 18.2 Å². The molecule has 0 aromatic rings. The number of amides is 1. The summed E-state index contributed by atoms with van der Waals surface area (Å²) in [5.74, 6) is -0.519. The Hall–Kier alpha value is -2.18. The van der Waals surface area contributed by atoms with E-state index in [-0.39, 0.29) is 24.9 Å². The number of carbonyl (C=O) groups is 2. The summed E-state index contributed by atoms with van der Waals surface area (Å²) >= 11 is 0. The van der Waals surface area contributed by atoms with Crippen LogP contribution in [0.1, 0.15) is 233 Å². The van der Waals surface area contributed by atoms with Crippen LogP contribution in [-0.2, 0) is 14.3 Å². The highest BCUT2D eigenvalue weighted by atomic mass is 16.5. The Morgan fingerprint density at radius 2 is 0.946 bits per heavy atom. The number of allylic oxidation sites excluding steroid dienone is 8. The second-order valence-electron chi connectivity index (χ2n) is 16.2. The predicted octanol–water partition coefficient (Wildman–Crippen LogP) is 13.9. The summed E-state index contributed by atoms with van der Waals surface area (Å²) in [5, 5.41) is 23.6. The summed E-state index contributed by atoms with van der Waals surface area (Å²) in [5.41, 5.74) is 0. The number of aliphatic hydroxyl groups excluding tert-OH is 2. The molecule has 3 N–H and O–H groups in total. The molecular formula is C50H91NO5. The van der Waals surface area contributed by atoms with Crippen molar-refractivity contribution in [3.05, 3.63) is 48.6 Å². The van der Waals surface area contributed by atoms with Gasteiger partial charge in [-0.05, 0) is 83.5 Å². The fourth-order valence-corrected chi connectivity index (χ4v) is 6.97. The quantitative estimate of drug-likeness (QED) is 0.0325. The van der Waals surface area contributed by atoms with Gasteiger partial charge in [-0.15, -0.1) is 0 Å². The predicted molar refractivity (Wildman–Crippen MR) is 241 cm³/mol. The molecule has 0 spiro atoms. The zero-order valence-electron chi connectivity index (χ0n) is 37.0. The molecule has 1 amide bonds. The fraction of sp³-hybridized carbons (Fsp3) is 0.800. The minimum absolute atomic E-state index is 0.0568. The molecule has 56 heavy (non-hydrogen) atoms. The lowest BCUT2D eigenvalue weighted by atomic mass is 10.0. The zero-order chi connectivity index (χ0) is 41.0.